The van der Waals surface area contributed by atoms with Crippen molar-refractivity contribution in [1.82, 2.24) is 14.9 Å². The number of aromatic nitrogens is 2. The van der Waals surface area contributed by atoms with E-state index in [1.807, 2.05) is 54.6 Å². The number of hydrogen-bond donors (Lipinski definition) is 2. The van der Waals surface area contributed by atoms with Crippen LogP contribution in [0.25, 0.3) is 0 Å². The van der Waals surface area contributed by atoms with Gasteiger partial charge in [-0.15, -0.1) is 0 Å². The molecule has 2 saturated heterocycles. The molecule has 2 aliphatic heterocycles. The van der Waals surface area contributed by atoms with Crippen molar-refractivity contribution in [3.63, 3.8) is 0 Å². The van der Waals surface area contributed by atoms with E-state index in [-0.39, 0.29) is 30.6 Å². The smallest absolute Gasteiger partial charge is 0.225 e. The van der Waals surface area contributed by atoms with Crippen LogP contribution in [0, 0.1) is 5.92 Å². The van der Waals surface area contributed by atoms with E-state index in [0.717, 1.165) is 55.4 Å². The highest BCUT2D eigenvalue weighted by Gasteiger charge is 2.39. The van der Waals surface area contributed by atoms with E-state index in [4.69, 9.17) is 9.47 Å². The molecule has 2 fully saturated rings. The predicted octanol–water partition coefficient (Wildman–Crippen LogP) is 3.54. The average molecular weight is 518 g/mol. The van der Waals surface area contributed by atoms with Crippen LogP contribution in [-0.2, 0) is 20.9 Å². The lowest BCUT2D eigenvalue weighted by molar-refractivity contribution is -0.276. The molecule has 0 radical (unpaired) electrons. The van der Waals surface area contributed by atoms with E-state index in [0.29, 0.717) is 5.69 Å². The van der Waals surface area contributed by atoms with Crippen molar-refractivity contribution in [2.24, 2.45) is 5.92 Å². The van der Waals surface area contributed by atoms with E-state index in [1.165, 1.54) is 6.92 Å². The normalized spacial score (nSPS) is 24.2. The number of benzene rings is 2. The molecule has 9 nitrogen and oxygen atoms in total. The van der Waals surface area contributed by atoms with Gasteiger partial charge in [-0.05, 0) is 29.3 Å². The molecule has 4 atom stereocenters. The number of hydrogen-bond acceptors (Lipinski definition) is 8. The second-order valence-corrected chi connectivity index (χ2v) is 9.97. The summed E-state index contributed by atoms with van der Waals surface area (Å²) in [7, 11) is 0. The molecule has 0 aliphatic carbocycles. The summed E-state index contributed by atoms with van der Waals surface area (Å²) in [6, 6.07) is 17.4. The summed E-state index contributed by atoms with van der Waals surface area (Å²) < 4.78 is 13.2. The molecule has 5 rings (SSSR count). The molecule has 200 valence electrons. The van der Waals surface area contributed by atoms with Gasteiger partial charge >= 0.3 is 0 Å². The zero-order chi connectivity index (χ0) is 26.5. The lowest BCUT2D eigenvalue weighted by Crippen LogP contribution is -2.51. The molecule has 3 aromatic rings. The molecule has 38 heavy (non-hydrogen) atoms. The molecule has 0 spiro atoms. The summed E-state index contributed by atoms with van der Waals surface area (Å²) in [5.74, 6) is 0.745. The van der Waals surface area contributed by atoms with E-state index in [9.17, 15) is 9.90 Å². The Kier molecular flexibility index (Phi) is 8.29. The molecule has 3 heterocycles. The number of nitrogens with one attached hydrogen (secondary N) is 1. The van der Waals surface area contributed by atoms with Gasteiger partial charge in [0, 0.05) is 69.2 Å². The number of piperazine rings is 1. The number of amides is 1. The number of anilines is 2. The first-order valence-electron chi connectivity index (χ1n) is 13.1. The van der Waals surface area contributed by atoms with Gasteiger partial charge in [0.15, 0.2) is 6.29 Å². The largest absolute Gasteiger partial charge is 0.392 e. The summed E-state index contributed by atoms with van der Waals surface area (Å²) in [5.41, 5.74) is 3.48. The fourth-order valence-corrected chi connectivity index (χ4v) is 5.13. The van der Waals surface area contributed by atoms with Crippen molar-refractivity contribution in [2.45, 2.75) is 39.0 Å². The van der Waals surface area contributed by atoms with Crippen molar-refractivity contribution in [2.75, 3.05) is 42.9 Å². The molecule has 1 aromatic heterocycles. The Bertz CT molecular complexity index is 1200. The van der Waals surface area contributed by atoms with Gasteiger partial charge in [0.05, 0.1) is 18.8 Å². The maximum atomic E-state index is 11.6. The third-order valence-corrected chi connectivity index (χ3v) is 7.25. The van der Waals surface area contributed by atoms with Crippen LogP contribution < -0.4 is 10.2 Å². The minimum atomic E-state index is -0.577. The van der Waals surface area contributed by atoms with Gasteiger partial charge in [-0.1, -0.05) is 43.3 Å². The van der Waals surface area contributed by atoms with Gasteiger partial charge < -0.3 is 24.8 Å². The standard InChI is InChI=1S/C29H35N5O4/c1-20-26(18-33-13-15-34(16-14-33)29-30-11-4-12-31-29)37-28(24-5-3-6-25(17-24)32-21(2)36)38-27(20)23-9-7-22(19-35)8-10-23/h3-12,17,20,26-28,35H,13-16,18-19H2,1-2H3,(H,32,36)/t20-,26+,27+,28+/m0/s1. The third-order valence-electron chi connectivity index (χ3n) is 7.25. The molecule has 0 saturated carbocycles. The van der Waals surface area contributed by atoms with Crippen LogP contribution in [0.1, 0.15) is 42.9 Å². The monoisotopic (exact) mass is 517 g/mol. The van der Waals surface area contributed by atoms with Gasteiger partial charge in [0.1, 0.15) is 0 Å². The summed E-state index contributed by atoms with van der Waals surface area (Å²) in [4.78, 5) is 25.0. The zero-order valence-corrected chi connectivity index (χ0v) is 21.9. The van der Waals surface area contributed by atoms with Crippen molar-refractivity contribution < 1.29 is 19.4 Å². The second kappa shape index (κ2) is 12.0. The fraction of sp³-hybridized carbons (Fsp3) is 0.414. The molecule has 2 aromatic carbocycles. The molecule has 2 N–H and O–H groups in total. The lowest BCUT2D eigenvalue weighted by Gasteiger charge is -2.44. The number of carbonyl (C=O) groups excluding carboxylic acids is 1. The first-order valence-corrected chi connectivity index (χ1v) is 13.1. The number of aliphatic hydroxyl groups is 1. The first kappa shape index (κ1) is 26.2. The second-order valence-electron chi connectivity index (χ2n) is 9.97. The molecular formula is C29H35N5O4. The maximum Gasteiger partial charge on any atom is 0.225 e. The van der Waals surface area contributed by atoms with E-state index >= 15 is 0 Å². The predicted molar refractivity (Wildman–Crippen MR) is 144 cm³/mol. The zero-order valence-electron chi connectivity index (χ0n) is 21.9. The molecule has 9 heteroatoms. The number of nitrogens with zero attached hydrogens (tertiary/aromatic N) is 4. The number of ether oxygens (including phenoxy) is 2. The lowest BCUT2D eigenvalue weighted by atomic mass is 9.90. The van der Waals surface area contributed by atoms with Crippen LogP contribution >= 0.6 is 0 Å². The highest BCUT2D eigenvalue weighted by molar-refractivity contribution is 5.88. The molecule has 2 aliphatic rings. The third kappa shape index (κ3) is 6.19. The summed E-state index contributed by atoms with van der Waals surface area (Å²) >= 11 is 0. The van der Waals surface area contributed by atoms with Crippen molar-refractivity contribution in [1.29, 1.82) is 0 Å². The minimum absolute atomic E-state index is 0.00561. The van der Waals surface area contributed by atoms with Crippen LogP contribution in [0.2, 0.25) is 0 Å². The Labute approximate surface area is 223 Å². The van der Waals surface area contributed by atoms with Gasteiger partial charge in [0.25, 0.3) is 0 Å². The highest BCUT2D eigenvalue weighted by Crippen LogP contribution is 2.42. The van der Waals surface area contributed by atoms with Crippen LogP contribution in [0.4, 0.5) is 11.6 Å². The summed E-state index contributed by atoms with van der Waals surface area (Å²) in [6.45, 7) is 7.95. The average Bonchev–Trinajstić information content (AvgIpc) is 2.95. The van der Waals surface area contributed by atoms with Crippen LogP contribution in [0.15, 0.2) is 67.0 Å². The Morgan fingerprint density at radius 1 is 1.00 bits per heavy atom. The fourth-order valence-electron chi connectivity index (χ4n) is 5.13. The van der Waals surface area contributed by atoms with E-state index in [1.54, 1.807) is 12.4 Å². The summed E-state index contributed by atoms with van der Waals surface area (Å²) in [6.07, 6.45) is 2.72. The van der Waals surface area contributed by atoms with Crippen molar-refractivity contribution in [3.8, 4) is 0 Å². The Hall–Kier alpha value is -3.37. The topological polar surface area (TPSA) is 100 Å². The van der Waals surface area contributed by atoms with Crippen LogP contribution in [0.5, 0.6) is 0 Å². The van der Waals surface area contributed by atoms with Crippen molar-refractivity contribution in [3.05, 3.63) is 83.7 Å². The first-order chi connectivity index (χ1) is 18.5. The number of carbonyl (C=O) groups is 1. The SMILES string of the molecule is CC(=O)Nc1cccc([C@@H]2O[C@H](CN3CCN(c4ncccn4)CC3)[C@H](C)[C@H](c3ccc(CO)cc3)O2)c1. The van der Waals surface area contributed by atoms with E-state index < -0.39 is 6.29 Å². The number of rotatable bonds is 7. The molecule has 0 bridgehead atoms. The molecular weight excluding hydrogens is 482 g/mol. The number of aliphatic hydroxyl groups excluding tert-OH is 1. The minimum Gasteiger partial charge on any atom is -0.392 e. The van der Waals surface area contributed by atoms with Crippen molar-refractivity contribution >= 4 is 17.5 Å². The Morgan fingerprint density at radius 2 is 1.74 bits per heavy atom. The Morgan fingerprint density at radius 3 is 2.42 bits per heavy atom. The quantitative estimate of drug-likeness (QED) is 0.491. The van der Waals surface area contributed by atoms with Gasteiger partial charge in [-0.25, -0.2) is 9.97 Å². The van der Waals surface area contributed by atoms with Crippen LogP contribution in [-0.4, -0.2) is 64.7 Å². The maximum absolute atomic E-state index is 11.6. The Balaban J connectivity index is 1.34. The van der Waals surface area contributed by atoms with Crippen LogP contribution in [0.3, 0.4) is 0 Å². The molecule has 0 unspecified atom stereocenters. The van der Waals surface area contributed by atoms with Gasteiger partial charge in [-0.3, -0.25) is 9.69 Å². The van der Waals surface area contributed by atoms with Gasteiger partial charge in [-0.2, -0.15) is 0 Å². The molecule has 1 amide bonds. The highest BCUT2D eigenvalue weighted by atomic mass is 16.7. The van der Waals surface area contributed by atoms with E-state index in [2.05, 4.69) is 32.0 Å². The summed E-state index contributed by atoms with van der Waals surface area (Å²) in [5, 5.41) is 12.3. The van der Waals surface area contributed by atoms with Gasteiger partial charge in [0.2, 0.25) is 11.9 Å².